The van der Waals surface area contributed by atoms with E-state index in [2.05, 4.69) is 86.1 Å². The third-order valence-electron chi connectivity index (χ3n) is 9.05. The Hall–Kier alpha value is -3.77. The molecule has 1 unspecified atom stereocenters. The van der Waals surface area contributed by atoms with E-state index in [1.165, 1.54) is 11.1 Å². The van der Waals surface area contributed by atoms with Gasteiger partial charge in [0.25, 0.3) is 0 Å². The molecule has 3 aliphatic rings. The molecule has 0 fully saturated rings. The number of allylic oxidation sites excluding steroid dienone is 7. The summed E-state index contributed by atoms with van der Waals surface area (Å²) in [4.78, 5) is 27.2. The van der Waals surface area contributed by atoms with Crippen molar-refractivity contribution in [2.45, 2.75) is 70.3 Å². The zero-order valence-electron chi connectivity index (χ0n) is 24.7. The van der Waals surface area contributed by atoms with E-state index in [0.29, 0.717) is 13.1 Å². The van der Waals surface area contributed by atoms with Crippen LogP contribution >= 0.6 is 11.6 Å². The van der Waals surface area contributed by atoms with E-state index < -0.39 is 11.9 Å². The maximum Gasteiger partial charge on any atom is 0.305 e. The van der Waals surface area contributed by atoms with Gasteiger partial charge in [0.05, 0.1) is 18.9 Å². The van der Waals surface area contributed by atoms with Gasteiger partial charge in [-0.15, -0.1) is 0 Å². The summed E-state index contributed by atoms with van der Waals surface area (Å²) in [6, 6.07) is 16.4. The van der Waals surface area contributed by atoms with Crippen LogP contribution in [0.2, 0.25) is 0 Å². The first kappa shape index (κ1) is 29.7. The smallest absolute Gasteiger partial charge is 0.305 e. The van der Waals surface area contributed by atoms with Crippen LogP contribution in [0.3, 0.4) is 0 Å². The van der Waals surface area contributed by atoms with Gasteiger partial charge in [-0.1, -0.05) is 93.9 Å². The number of nitrogens with zero attached hydrogens (tertiary/aromatic N) is 2. The van der Waals surface area contributed by atoms with E-state index in [1.807, 2.05) is 24.3 Å². The average molecular weight is 587 g/mol. The molecule has 1 aliphatic carbocycles. The maximum atomic E-state index is 11.4. The number of anilines is 2. The van der Waals surface area contributed by atoms with Crippen molar-refractivity contribution in [1.82, 2.24) is 0 Å². The zero-order chi connectivity index (χ0) is 30.2. The molecule has 0 spiro atoms. The van der Waals surface area contributed by atoms with Crippen molar-refractivity contribution in [3.63, 3.8) is 0 Å². The largest absolute Gasteiger partial charge is 0.481 e. The second kappa shape index (κ2) is 11.5. The summed E-state index contributed by atoms with van der Waals surface area (Å²) in [5.41, 5.74) is 7.27. The van der Waals surface area contributed by atoms with Crippen molar-refractivity contribution >= 4 is 34.9 Å². The molecule has 0 saturated heterocycles. The summed E-state index contributed by atoms with van der Waals surface area (Å²) < 4.78 is 0. The summed E-state index contributed by atoms with van der Waals surface area (Å²) in [6.45, 7) is 9.61. The van der Waals surface area contributed by atoms with Crippen LogP contribution in [0.5, 0.6) is 0 Å². The number of carboxylic acids is 2. The second-order valence-electron chi connectivity index (χ2n) is 12.4. The van der Waals surface area contributed by atoms with Gasteiger partial charge in [0, 0.05) is 46.0 Å². The van der Waals surface area contributed by atoms with Crippen LogP contribution < -0.4 is 9.80 Å². The average Bonchev–Trinajstić information content (AvgIpc) is 3.48. The minimum atomic E-state index is -0.817. The highest BCUT2D eigenvalue weighted by Gasteiger charge is 2.43. The number of hydrogen-bond donors (Lipinski definition) is 2. The highest BCUT2D eigenvalue weighted by atomic mass is 35.5. The van der Waals surface area contributed by atoms with E-state index in [1.54, 1.807) is 0 Å². The van der Waals surface area contributed by atoms with Crippen molar-refractivity contribution in [2.24, 2.45) is 0 Å². The van der Waals surface area contributed by atoms with Crippen molar-refractivity contribution in [3.05, 3.63) is 106 Å². The van der Waals surface area contributed by atoms with Gasteiger partial charge in [0.2, 0.25) is 0 Å². The molecule has 0 saturated carbocycles. The Kier molecular flexibility index (Phi) is 8.13. The van der Waals surface area contributed by atoms with Gasteiger partial charge in [-0.2, -0.15) is 0 Å². The van der Waals surface area contributed by atoms with Crippen molar-refractivity contribution in [2.75, 3.05) is 22.9 Å². The minimum Gasteiger partial charge on any atom is -0.481 e. The van der Waals surface area contributed by atoms with Crippen LogP contribution in [0.1, 0.15) is 64.5 Å². The Morgan fingerprint density at radius 1 is 0.881 bits per heavy atom. The molecule has 7 heteroatoms. The summed E-state index contributed by atoms with van der Waals surface area (Å²) >= 11 is 6.96. The topological polar surface area (TPSA) is 81.1 Å². The lowest BCUT2D eigenvalue weighted by molar-refractivity contribution is -0.137. The molecular weight excluding hydrogens is 548 g/mol. The van der Waals surface area contributed by atoms with Gasteiger partial charge in [0.15, 0.2) is 0 Å². The second-order valence-corrected chi connectivity index (χ2v) is 12.8. The number of aliphatic carboxylic acids is 2. The molecule has 6 nitrogen and oxygen atoms in total. The quantitative estimate of drug-likeness (QED) is 0.316. The molecule has 2 aromatic rings. The fraction of sp³-hybridized carbons (Fsp3) is 0.371. The number of halogens is 1. The first-order chi connectivity index (χ1) is 19.9. The molecule has 2 aromatic carbocycles. The standard InChI is InChI=1S/C35H39ClN2O4/c1-34(2)25-9-5-7-11-27(25)37(21-19-31(39)40)29(34)17-15-23-13-14-24(33(23)36)16-18-30-35(3,4)26-10-6-8-12-28(26)38(30)22-20-32(41)42/h5-12,15-18,29H,13-14,19-22H2,1-4H3,(H,39,40)(H,41,42)/b17-15+,24-16+,30-18+. The molecule has 2 heterocycles. The lowest BCUT2D eigenvalue weighted by atomic mass is 9.80. The van der Waals surface area contributed by atoms with Crippen LogP contribution in [0.4, 0.5) is 11.4 Å². The predicted octanol–water partition coefficient (Wildman–Crippen LogP) is 7.55. The molecule has 2 aliphatic heterocycles. The Morgan fingerprint density at radius 2 is 1.50 bits per heavy atom. The molecular formula is C35H39ClN2O4. The Morgan fingerprint density at radius 3 is 2.19 bits per heavy atom. The lowest BCUT2D eigenvalue weighted by Gasteiger charge is -2.32. The molecule has 0 bridgehead atoms. The number of hydrogen-bond acceptors (Lipinski definition) is 4. The fourth-order valence-electron chi connectivity index (χ4n) is 6.77. The van der Waals surface area contributed by atoms with E-state index in [-0.39, 0.29) is 29.7 Å². The van der Waals surface area contributed by atoms with Gasteiger partial charge >= 0.3 is 11.9 Å². The van der Waals surface area contributed by atoms with E-state index in [9.17, 15) is 19.8 Å². The molecule has 5 rings (SSSR count). The number of fused-ring (bicyclic) bond motifs is 2. The van der Waals surface area contributed by atoms with Crippen molar-refractivity contribution in [1.29, 1.82) is 0 Å². The molecule has 0 aromatic heterocycles. The minimum absolute atomic E-state index is 0.00181. The van der Waals surface area contributed by atoms with E-state index in [0.717, 1.165) is 46.1 Å². The SMILES string of the molecule is CC1(C)/C(=C\C=C2/CCC(/C=C/C3N(CCC(=O)O)c4ccccc4C3(C)C)=C2Cl)N(CCC(=O)O)c2ccccc21. The molecule has 0 amide bonds. The monoisotopic (exact) mass is 586 g/mol. The van der Waals surface area contributed by atoms with Crippen LogP contribution in [0, 0.1) is 0 Å². The van der Waals surface area contributed by atoms with E-state index in [4.69, 9.17) is 11.6 Å². The molecule has 2 N–H and O–H groups in total. The van der Waals surface area contributed by atoms with Crippen LogP contribution in [0.25, 0.3) is 0 Å². The number of para-hydroxylation sites is 2. The van der Waals surface area contributed by atoms with Gasteiger partial charge in [-0.25, -0.2) is 0 Å². The van der Waals surface area contributed by atoms with Crippen LogP contribution in [-0.4, -0.2) is 41.3 Å². The normalized spacial score (nSPS) is 22.5. The zero-order valence-corrected chi connectivity index (χ0v) is 25.5. The maximum absolute atomic E-state index is 11.4. The number of rotatable bonds is 9. The summed E-state index contributed by atoms with van der Waals surface area (Å²) in [7, 11) is 0. The summed E-state index contributed by atoms with van der Waals surface area (Å²) in [5.74, 6) is -1.62. The van der Waals surface area contributed by atoms with Gasteiger partial charge in [0.1, 0.15) is 0 Å². The molecule has 0 radical (unpaired) electrons. The first-order valence-electron chi connectivity index (χ1n) is 14.6. The van der Waals surface area contributed by atoms with Gasteiger partial charge in [-0.3, -0.25) is 9.59 Å². The number of carbonyl (C=O) groups is 2. The predicted molar refractivity (Wildman–Crippen MR) is 169 cm³/mol. The lowest BCUT2D eigenvalue weighted by Crippen LogP contribution is -2.41. The fourth-order valence-corrected chi connectivity index (χ4v) is 7.09. The van der Waals surface area contributed by atoms with Crippen LogP contribution in [-0.2, 0) is 20.4 Å². The molecule has 42 heavy (non-hydrogen) atoms. The molecule has 1 atom stereocenters. The first-order valence-corrected chi connectivity index (χ1v) is 15.0. The third-order valence-corrected chi connectivity index (χ3v) is 9.53. The Balaban J connectivity index is 1.43. The highest BCUT2D eigenvalue weighted by Crippen LogP contribution is 2.48. The Labute approximate surface area is 253 Å². The van der Waals surface area contributed by atoms with Gasteiger partial charge < -0.3 is 20.0 Å². The highest BCUT2D eigenvalue weighted by molar-refractivity contribution is 6.33. The van der Waals surface area contributed by atoms with Crippen molar-refractivity contribution < 1.29 is 19.8 Å². The number of benzene rings is 2. The van der Waals surface area contributed by atoms with E-state index >= 15 is 0 Å². The number of carboxylic acid groups (broad SMARTS) is 2. The van der Waals surface area contributed by atoms with Crippen LogP contribution in [0.15, 0.2) is 94.7 Å². The van der Waals surface area contributed by atoms with Crippen molar-refractivity contribution in [3.8, 4) is 0 Å². The summed E-state index contributed by atoms with van der Waals surface area (Å²) in [5, 5.41) is 19.5. The summed E-state index contributed by atoms with van der Waals surface area (Å²) in [6.07, 6.45) is 10.3. The van der Waals surface area contributed by atoms with Gasteiger partial charge in [-0.05, 0) is 53.3 Å². The molecule has 220 valence electrons. The Bertz CT molecular complexity index is 1530. The third kappa shape index (κ3) is 5.40.